The van der Waals surface area contributed by atoms with Gasteiger partial charge in [-0.2, -0.15) is 9.79 Å². The fourth-order valence-electron chi connectivity index (χ4n) is 1.73. The van der Waals surface area contributed by atoms with Crippen LogP contribution in [-0.2, 0) is 24.4 Å². The number of carbonyl (C=O) groups is 2. The van der Waals surface area contributed by atoms with E-state index in [-0.39, 0.29) is 11.5 Å². The molecule has 1 N–H and O–H groups in total. The Hall–Kier alpha value is -1.77. The molecule has 1 saturated heterocycles. The minimum absolute atomic E-state index is 0.0529. The van der Waals surface area contributed by atoms with Gasteiger partial charge in [0, 0.05) is 6.92 Å². The Balaban J connectivity index is 2.16. The van der Waals surface area contributed by atoms with Gasteiger partial charge in [0.2, 0.25) is 15.9 Å². The summed E-state index contributed by atoms with van der Waals surface area (Å²) in [7, 11) is -3.83. The molecule has 1 aliphatic heterocycles. The molecule has 0 radical (unpaired) electrons. The summed E-state index contributed by atoms with van der Waals surface area (Å²) in [6.07, 6.45) is 0. The summed E-state index contributed by atoms with van der Waals surface area (Å²) in [6.45, 7) is 2.79. The minimum Gasteiger partial charge on any atom is -0.272 e. The Morgan fingerprint density at radius 2 is 1.95 bits per heavy atom. The van der Waals surface area contributed by atoms with Crippen LogP contribution in [0.25, 0.3) is 0 Å². The first-order chi connectivity index (χ1) is 9.31. The van der Waals surface area contributed by atoms with Gasteiger partial charge >= 0.3 is 0 Å². The first-order valence-electron chi connectivity index (χ1n) is 5.88. The molecule has 1 aliphatic rings. The van der Waals surface area contributed by atoms with Crippen LogP contribution in [0.15, 0.2) is 29.2 Å². The number of rotatable bonds is 3. The van der Waals surface area contributed by atoms with Crippen LogP contribution in [0.5, 0.6) is 0 Å². The molecule has 7 nitrogen and oxygen atoms in total. The van der Waals surface area contributed by atoms with Gasteiger partial charge < -0.3 is 0 Å². The molecule has 0 saturated carbocycles. The standard InChI is InChI=1S/C12H14N2O5S/c1-8-3-5-10(6-4-8)20(17,18)13-11-7-19-14(9(2)15)12(11)16/h3-6,11,13H,7H2,1-2H3. The number of sulfonamides is 1. The maximum Gasteiger partial charge on any atom is 0.274 e. The monoisotopic (exact) mass is 298 g/mol. The van der Waals surface area contributed by atoms with Gasteiger partial charge in [-0.3, -0.25) is 14.4 Å². The molecular weight excluding hydrogens is 284 g/mol. The van der Waals surface area contributed by atoms with Crippen molar-refractivity contribution in [3.05, 3.63) is 29.8 Å². The van der Waals surface area contributed by atoms with E-state index < -0.39 is 27.9 Å². The van der Waals surface area contributed by atoms with Crippen LogP contribution in [0.3, 0.4) is 0 Å². The zero-order valence-corrected chi connectivity index (χ0v) is 11.8. The van der Waals surface area contributed by atoms with E-state index in [0.29, 0.717) is 5.06 Å². The first kappa shape index (κ1) is 14.6. The summed E-state index contributed by atoms with van der Waals surface area (Å²) >= 11 is 0. The zero-order valence-electron chi connectivity index (χ0n) is 11.0. The van der Waals surface area contributed by atoms with E-state index in [2.05, 4.69) is 4.72 Å². The lowest BCUT2D eigenvalue weighted by atomic mass is 10.2. The van der Waals surface area contributed by atoms with Crippen LogP contribution in [0.2, 0.25) is 0 Å². The van der Waals surface area contributed by atoms with E-state index >= 15 is 0 Å². The van der Waals surface area contributed by atoms with Gasteiger partial charge in [-0.15, -0.1) is 0 Å². The largest absolute Gasteiger partial charge is 0.274 e. The summed E-state index contributed by atoms with van der Waals surface area (Å²) in [5.41, 5.74) is 0.923. The number of hydrogen-bond acceptors (Lipinski definition) is 5. The van der Waals surface area contributed by atoms with Crippen molar-refractivity contribution in [2.45, 2.75) is 24.8 Å². The second-order valence-corrected chi connectivity index (χ2v) is 6.15. The molecule has 2 rings (SSSR count). The van der Waals surface area contributed by atoms with Gasteiger partial charge in [-0.05, 0) is 19.1 Å². The fourth-order valence-corrected chi connectivity index (χ4v) is 2.90. The predicted molar refractivity (Wildman–Crippen MR) is 68.8 cm³/mol. The summed E-state index contributed by atoms with van der Waals surface area (Å²) in [6, 6.07) is 5.11. The van der Waals surface area contributed by atoms with E-state index in [1.54, 1.807) is 12.1 Å². The number of hydrogen-bond donors (Lipinski definition) is 1. The van der Waals surface area contributed by atoms with Crippen molar-refractivity contribution in [3.8, 4) is 0 Å². The number of hydroxylamine groups is 2. The van der Waals surface area contributed by atoms with Crippen LogP contribution in [0.1, 0.15) is 12.5 Å². The Morgan fingerprint density at radius 3 is 2.45 bits per heavy atom. The van der Waals surface area contributed by atoms with Gasteiger partial charge in [0.15, 0.2) is 0 Å². The highest BCUT2D eigenvalue weighted by molar-refractivity contribution is 7.89. The quantitative estimate of drug-likeness (QED) is 0.845. The molecule has 1 aromatic carbocycles. The van der Waals surface area contributed by atoms with Crippen molar-refractivity contribution in [2.75, 3.05) is 6.61 Å². The Labute approximate surface area is 116 Å². The summed E-state index contributed by atoms with van der Waals surface area (Å²) in [5.74, 6) is -1.31. The van der Waals surface area contributed by atoms with Gasteiger partial charge in [-0.25, -0.2) is 8.42 Å². The Morgan fingerprint density at radius 1 is 1.35 bits per heavy atom. The maximum absolute atomic E-state index is 12.1. The molecule has 1 atom stereocenters. The first-order valence-corrected chi connectivity index (χ1v) is 7.36. The molecule has 0 bridgehead atoms. The number of amides is 2. The van der Waals surface area contributed by atoms with E-state index in [9.17, 15) is 18.0 Å². The SMILES string of the molecule is CC(=O)N1OCC(NS(=O)(=O)c2ccc(C)cc2)C1=O. The van der Waals surface area contributed by atoms with Crippen LogP contribution in [0, 0.1) is 6.92 Å². The molecule has 20 heavy (non-hydrogen) atoms. The summed E-state index contributed by atoms with van der Waals surface area (Å²) in [4.78, 5) is 27.7. The molecule has 2 amide bonds. The second kappa shape index (κ2) is 5.31. The van der Waals surface area contributed by atoms with Crippen molar-refractivity contribution in [2.24, 2.45) is 0 Å². The third-order valence-corrected chi connectivity index (χ3v) is 4.27. The topological polar surface area (TPSA) is 92.8 Å². The third kappa shape index (κ3) is 2.87. The average Bonchev–Trinajstić information content (AvgIpc) is 2.71. The number of aryl methyl sites for hydroxylation is 1. The second-order valence-electron chi connectivity index (χ2n) is 4.43. The highest BCUT2D eigenvalue weighted by atomic mass is 32.2. The summed E-state index contributed by atoms with van der Waals surface area (Å²) < 4.78 is 26.4. The molecule has 0 aromatic heterocycles. The Bertz CT molecular complexity index is 638. The number of carbonyl (C=O) groups excluding carboxylic acids is 2. The minimum atomic E-state index is -3.83. The van der Waals surface area contributed by atoms with Crippen molar-refractivity contribution in [1.82, 2.24) is 9.79 Å². The summed E-state index contributed by atoms with van der Waals surface area (Å²) in [5, 5.41) is 0.558. The fraction of sp³-hybridized carbons (Fsp3) is 0.333. The number of nitrogens with one attached hydrogen (secondary N) is 1. The van der Waals surface area contributed by atoms with Crippen LogP contribution in [0.4, 0.5) is 0 Å². The van der Waals surface area contributed by atoms with Crippen LogP contribution >= 0.6 is 0 Å². The van der Waals surface area contributed by atoms with Gasteiger partial charge in [0.1, 0.15) is 12.6 Å². The van der Waals surface area contributed by atoms with E-state index in [4.69, 9.17) is 4.84 Å². The molecule has 108 valence electrons. The lowest BCUT2D eigenvalue weighted by Gasteiger charge is -2.11. The molecule has 1 unspecified atom stereocenters. The number of imide groups is 1. The zero-order chi connectivity index (χ0) is 14.9. The van der Waals surface area contributed by atoms with E-state index in [0.717, 1.165) is 12.5 Å². The molecule has 0 aliphatic carbocycles. The van der Waals surface area contributed by atoms with Gasteiger partial charge in [0.25, 0.3) is 5.91 Å². The molecule has 0 spiro atoms. The van der Waals surface area contributed by atoms with Crippen molar-refractivity contribution in [1.29, 1.82) is 0 Å². The molecule has 8 heteroatoms. The number of benzene rings is 1. The van der Waals surface area contributed by atoms with Gasteiger partial charge in [0.05, 0.1) is 4.90 Å². The molecule has 1 fully saturated rings. The van der Waals surface area contributed by atoms with Gasteiger partial charge in [-0.1, -0.05) is 17.7 Å². The lowest BCUT2D eigenvalue weighted by Crippen LogP contribution is -2.43. The van der Waals surface area contributed by atoms with Crippen molar-refractivity contribution < 1.29 is 22.8 Å². The normalized spacial score (nSPS) is 19.4. The van der Waals surface area contributed by atoms with Crippen LogP contribution < -0.4 is 4.72 Å². The maximum atomic E-state index is 12.1. The highest BCUT2D eigenvalue weighted by Crippen LogP contribution is 2.14. The average molecular weight is 298 g/mol. The lowest BCUT2D eigenvalue weighted by molar-refractivity contribution is -0.176. The van der Waals surface area contributed by atoms with Crippen molar-refractivity contribution in [3.63, 3.8) is 0 Å². The highest BCUT2D eigenvalue weighted by Gasteiger charge is 2.38. The van der Waals surface area contributed by atoms with E-state index in [1.807, 2.05) is 6.92 Å². The molecule has 1 heterocycles. The van der Waals surface area contributed by atoms with E-state index in [1.165, 1.54) is 12.1 Å². The predicted octanol–water partition coefficient (Wildman–Crippen LogP) is -0.0378. The Kier molecular flexibility index (Phi) is 3.89. The van der Waals surface area contributed by atoms with Crippen LogP contribution in [-0.4, -0.2) is 37.9 Å². The van der Waals surface area contributed by atoms with Crippen molar-refractivity contribution >= 4 is 21.8 Å². The number of nitrogens with zero attached hydrogens (tertiary/aromatic N) is 1. The molecule has 1 aromatic rings. The molecular formula is C12H14N2O5S. The smallest absolute Gasteiger partial charge is 0.272 e. The third-order valence-electron chi connectivity index (χ3n) is 2.78.